The van der Waals surface area contributed by atoms with Gasteiger partial charge in [0, 0.05) is 5.69 Å². The molecule has 128 valence electrons. The van der Waals surface area contributed by atoms with Gasteiger partial charge in [0.2, 0.25) is 5.13 Å². The Morgan fingerprint density at radius 1 is 1.25 bits per heavy atom. The second-order valence-electron chi connectivity index (χ2n) is 4.86. The topological polar surface area (TPSA) is 93.2 Å². The minimum atomic E-state index is -0.397. The fourth-order valence-electron chi connectivity index (χ4n) is 1.76. The molecule has 2 N–H and O–H groups in total. The lowest BCUT2D eigenvalue weighted by atomic mass is 10.2. The van der Waals surface area contributed by atoms with Crippen molar-refractivity contribution in [3.05, 3.63) is 29.8 Å². The van der Waals surface area contributed by atoms with E-state index in [-0.39, 0.29) is 11.2 Å². The van der Waals surface area contributed by atoms with Gasteiger partial charge in [-0.25, -0.2) is 4.79 Å². The molecule has 1 aromatic carbocycles. The average molecular weight is 366 g/mol. The molecule has 0 unspecified atom stereocenters. The molecular formula is C15H18N4O3S2. The molecular weight excluding hydrogens is 348 g/mol. The van der Waals surface area contributed by atoms with E-state index in [0.29, 0.717) is 21.6 Å². The number of thioether (sulfide) groups is 1. The molecule has 0 saturated heterocycles. The van der Waals surface area contributed by atoms with Crippen molar-refractivity contribution in [2.45, 2.75) is 29.9 Å². The number of hydrogen-bond donors (Lipinski definition) is 2. The van der Waals surface area contributed by atoms with Crippen LogP contribution in [-0.4, -0.2) is 34.6 Å². The van der Waals surface area contributed by atoms with Crippen molar-refractivity contribution in [3.63, 3.8) is 0 Å². The monoisotopic (exact) mass is 366 g/mol. The Hall–Kier alpha value is -2.13. The van der Waals surface area contributed by atoms with Crippen molar-refractivity contribution < 1.29 is 14.3 Å². The van der Waals surface area contributed by atoms with Crippen LogP contribution in [0.3, 0.4) is 0 Å². The van der Waals surface area contributed by atoms with Gasteiger partial charge in [-0.1, -0.05) is 47.7 Å². The van der Waals surface area contributed by atoms with Gasteiger partial charge in [-0.3, -0.25) is 10.1 Å². The highest BCUT2D eigenvalue weighted by atomic mass is 32.2. The highest BCUT2D eigenvalue weighted by Crippen LogP contribution is 2.30. The van der Waals surface area contributed by atoms with Gasteiger partial charge in [0.25, 0.3) is 0 Å². The van der Waals surface area contributed by atoms with Crippen molar-refractivity contribution in [1.82, 2.24) is 10.2 Å². The zero-order valence-electron chi connectivity index (χ0n) is 13.5. The summed E-state index contributed by atoms with van der Waals surface area (Å²) in [6.07, 6.45) is 0.619. The predicted molar refractivity (Wildman–Crippen MR) is 95.7 cm³/mol. The van der Waals surface area contributed by atoms with Gasteiger partial charge in [0.1, 0.15) is 5.25 Å². The van der Waals surface area contributed by atoms with Crippen molar-refractivity contribution in [1.29, 1.82) is 0 Å². The standard InChI is InChI=1S/C15H18N4O3S2/c1-4-11(12(20)22-3)23-15-19-18-14(24-15)17-13(21)16-10-7-5-9(2)6-8-10/h5-8,11H,4H2,1-3H3,(H2,16,17,18,21)/t11-/m1/s1. The molecule has 2 aromatic rings. The Kier molecular flexibility index (Phi) is 6.56. The van der Waals surface area contributed by atoms with E-state index in [4.69, 9.17) is 4.74 Å². The molecule has 2 amide bonds. The number of carbonyl (C=O) groups excluding carboxylic acids is 2. The van der Waals surface area contributed by atoms with Crippen LogP contribution in [0.15, 0.2) is 28.6 Å². The van der Waals surface area contributed by atoms with Crippen LogP contribution in [0.4, 0.5) is 15.6 Å². The van der Waals surface area contributed by atoms with E-state index in [1.165, 1.54) is 30.2 Å². The number of carbonyl (C=O) groups is 2. The van der Waals surface area contributed by atoms with E-state index < -0.39 is 6.03 Å². The molecule has 0 aliphatic heterocycles. The van der Waals surface area contributed by atoms with Gasteiger partial charge in [0.15, 0.2) is 4.34 Å². The van der Waals surface area contributed by atoms with E-state index in [1.807, 2.05) is 38.1 Å². The molecule has 7 nitrogen and oxygen atoms in total. The number of hydrogen-bond acceptors (Lipinski definition) is 7. The van der Waals surface area contributed by atoms with Crippen LogP contribution < -0.4 is 10.6 Å². The molecule has 1 heterocycles. The minimum absolute atomic E-state index is 0.302. The number of benzene rings is 1. The third kappa shape index (κ3) is 5.20. The van der Waals surface area contributed by atoms with Gasteiger partial charge in [-0.05, 0) is 25.5 Å². The van der Waals surface area contributed by atoms with Gasteiger partial charge in [0.05, 0.1) is 7.11 Å². The van der Waals surface area contributed by atoms with Crippen LogP contribution in [0.2, 0.25) is 0 Å². The average Bonchev–Trinajstić information content (AvgIpc) is 3.01. The summed E-state index contributed by atoms with van der Waals surface area (Å²) in [6, 6.07) is 7.06. The summed E-state index contributed by atoms with van der Waals surface area (Å²) >= 11 is 2.48. The second-order valence-corrected chi connectivity index (χ2v) is 7.28. The number of amides is 2. The van der Waals surface area contributed by atoms with Crippen molar-refractivity contribution in [2.24, 2.45) is 0 Å². The lowest BCUT2D eigenvalue weighted by Gasteiger charge is -2.08. The number of nitrogens with zero attached hydrogens (tertiary/aromatic N) is 2. The fourth-order valence-corrected chi connectivity index (χ4v) is 3.70. The zero-order chi connectivity index (χ0) is 17.5. The van der Waals surface area contributed by atoms with E-state index in [1.54, 1.807) is 0 Å². The van der Waals surface area contributed by atoms with Crippen LogP contribution in [0.5, 0.6) is 0 Å². The molecule has 1 aromatic heterocycles. The Balaban J connectivity index is 1.91. The summed E-state index contributed by atoms with van der Waals surface area (Å²) < 4.78 is 5.33. The van der Waals surface area contributed by atoms with Crippen LogP contribution in [0.25, 0.3) is 0 Å². The molecule has 24 heavy (non-hydrogen) atoms. The molecule has 0 radical (unpaired) electrons. The number of aromatic nitrogens is 2. The highest BCUT2D eigenvalue weighted by molar-refractivity contribution is 8.02. The number of aryl methyl sites for hydroxylation is 1. The van der Waals surface area contributed by atoms with Crippen LogP contribution >= 0.6 is 23.1 Å². The van der Waals surface area contributed by atoms with Gasteiger partial charge < -0.3 is 10.1 Å². The summed E-state index contributed by atoms with van der Waals surface area (Å²) in [5.74, 6) is -0.302. The summed E-state index contributed by atoms with van der Waals surface area (Å²) in [4.78, 5) is 23.5. The van der Waals surface area contributed by atoms with Gasteiger partial charge in [-0.15, -0.1) is 10.2 Å². The minimum Gasteiger partial charge on any atom is -0.468 e. The first kappa shape index (κ1) is 18.2. The maximum atomic E-state index is 11.9. The summed E-state index contributed by atoms with van der Waals surface area (Å²) in [7, 11) is 1.36. The Morgan fingerprint density at radius 2 is 1.96 bits per heavy atom. The largest absolute Gasteiger partial charge is 0.468 e. The van der Waals surface area contributed by atoms with E-state index in [9.17, 15) is 9.59 Å². The van der Waals surface area contributed by atoms with Crippen LogP contribution in [-0.2, 0) is 9.53 Å². The smallest absolute Gasteiger partial charge is 0.325 e. The van der Waals surface area contributed by atoms with Crippen LogP contribution in [0, 0.1) is 6.92 Å². The molecule has 0 aliphatic rings. The number of nitrogens with one attached hydrogen (secondary N) is 2. The van der Waals surface area contributed by atoms with E-state index >= 15 is 0 Å². The first-order valence-electron chi connectivity index (χ1n) is 7.24. The van der Waals surface area contributed by atoms with E-state index in [0.717, 1.165) is 5.56 Å². The Labute approximate surface area is 148 Å². The number of ether oxygens (including phenoxy) is 1. The van der Waals surface area contributed by atoms with Gasteiger partial charge in [-0.2, -0.15) is 0 Å². The maximum Gasteiger partial charge on any atom is 0.325 e. The molecule has 1 atom stereocenters. The fraction of sp³-hybridized carbons (Fsp3) is 0.333. The van der Waals surface area contributed by atoms with Crippen molar-refractivity contribution in [2.75, 3.05) is 17.7 Å². The third-order valence-electron chi connectivity index (χ3n) is 3.01. The summed E-state index contributed by atoms with van der Waals surface area (Å²) in [5, 5.41) is 13.2. The normalized spacial score (nSPS) is 11.6. The Morgan fingerprint density at radius 3 is 2.58 bits per heavy atom. The van der Waals surface area contributed by atoms with Crippen molar-refractivity contribution in [3.8, 4) is 0 Å². The number of rotatable bonds is 6. The lowest BCUT2D eigenvalue weighted by molar-refractivity contribution is -0.140. The molecule has 0 aliphatic carbocycles. The molecule has 9 heteroatoms. The first-order valence-corrected chi connectivity index (χ1v) is 8.94. The Bertz CT molecular complexity index is 703. The number of anilines is 2. The number of urea groups is 1. The molecule has 0 saturated carbocycles. The first-order chi connectivity index (χ1) is 11.5. The number of methoxy groups -OCH3 is 1. The van der Waals surface area contributed by atoms with E-state index in [2.05, 4.69) is 20.8 Å². The zero-order valence-corrected chi connectivity index (χ0v) is 15.2. The quantitative estimate of drug-likeness (QED) is 0.461. The molecule has 0 bridgehead atoms. The number of esters is 1. The predicted octanol–water partition coefficient (Wildman–Crippen LogP) is 3.53. The molecule has 0 spiro atoms. The maximum absolute atomic E-state index is 11.9. The summed E-state index contributed by atoms with van der Waals surface area (Å²) in [5.41, 5.74) is 1.80. The SMILES string of the molecule is CC[C@@H](Sc1nnc(NC(=O)Nc2ccc(C)cc2)s1)C(=O)OC. The van der Waals surface area contributed by atoms with Crippen molar-refractivity contribution >= 4 is 45.9 Å². The molecule has 2 rings (SSSR count). The van der Waals surface area contributed by atoms with Gasteiger partial charge >= 0.3 is 12.0 Å². The third-order valence-corrected chi connectivity index (χ3v) is 5.28. The lowest BCUT2D eigenvalue weighted by Crippen LogP contribution is -2.19. The van der Waals surface area contributed by atoms with Crippen LogP contribution in [0.1, 0.15) is 18.9 Å². The highest BCUT2D eigenvalue weighted by Gasteiger charge is 2.21. The second kappa shape index (κ2) is 8.65. The molecule has 0 fully saturated rings. The summed E-state index contributed by atoms with van der Waals surface area (Å²) in [6.45, 7) is 3.87.